The van der Waals surface area contributed by atoms with E-state index >= 15 is 0 Å². The van der Waals surface area contributed by atoms with Gasteiger partial charge in [0.15, 0.2) is 0 Å². The summed E-state index contributed by atoms with van der Waals surface area (Å²) in [6.07, 6.45) is -4.80. The van der Waals surface area contributed by atoms with E-state index in [1.807, 2.05) is 30.3 Å². The Morgan fingerprint density at radius 3 is 2.33 bits per heavy atom. The fourth-order valence-electron chi connectivity index (χ4n) is 2.38. The Balaban J connectivity index is 1.91. The molecule has 1 atom stereocenters. The second-order valence-corrected chi connectivity index (χ2v) is 5.84. The Morgan fingerprint density at radius 1 is 1.04 bits per heavy atom. The Morgan fingerprint density at radius 2 is 1.70 bits per heavy atom. The number of halogens is 3. The van der Waals surface area contributed by atoms with E-state index in [2.05, 4.69) is 5.32 Å². The largest absolute Gasteiger partial charge is 0.480 e. The lowest BCUT2D eigenvalue weighted by Gasteiger charge is -2.16. The SMILES string of the molecule is O=C(COCc1ccccc1)N[C@H](Cc1cccc(C(F)(F)F)c1)C(=O)O. The number of rotatable bonds is 8. The van der Waals surface area contributed by atoms with E-state index < -0.39 is 29.7 Å². The van der Waals surface area contributed by atoms with Crippen molar-refractivity contribution < 1.29 is 32.6 Å². The molecule has 0 saturated heterocycles. The number of aliphatic carboxylic acids is 1. The van der Waals surface area contributed by atoms with Crippen LogP contribution < -0.4 is 5.32 Å². The first-order valence-corrected chi connectivity index (χ1v) is 8.05. The van der Waals surface area contributed by atoms with Crippen LogP contribution in [0.25, 0.3) is 0 Å². The molecule has 0 heterocycles. The van der Waals surface area contributed by atoms with Gasteiger partial charge < -0.3 is 15.2 Å². The summed E-state index contributed by atoms with van der Waals surface area (Å²) in [5.41, 5.74) is 0.133. The van der Waals surface area contributed by atoms with Crippen molar-refractivity contribution in [2.24, 2.45) is 0 Å². The van der Waals surface area contributed by atoms with Gasteiger partial charge in [-0.2, -0.15) is 13.2 Å². The van der Waals surface area contributed by atoms with Gasteiger partial charge in [0.05, 0.1) is 12.2 Å². The van der Waals surface area contributed by atoms with Crippen molar-refractivity contribution in [2.75, 3.05) is 6.61 Å². The number of carboxylic acids is 1. The van der Waals surface area contributed by atoms with E-state index in [9.17, 15) is 27.9 Å². The van der Waals surface area contributed by atoms with Crippen LogP contribution in [0.3, 0.4) is 0 Å². The highest BCUT2D eigenvalue weighted by Gasteiger charge is 2.31. The van der Waals surface area contributed by atoms with Gasteiger partial charge in [0.1, 0.15) is 12.6 Å². The molecule has 2 aromatic rings. The van der Waals surface area contributed by atoms with E-state index in [0.717, 1.165) is 17.7 Å². The summed E-state index contributed by atoms with van der Waals surface area (Å²) in [7, 11) is 0. The first-order valence-electron chi connectivity index (χ1n) is 8.05. The van der Waals surface area contributed by atoms with Crippen LogP contribution in [0.2, 0.25) is 0 Å². The zero-order chi connectivity index (χ0) is 19.9. The first kappa shape index (κ1) is 20.4. The first-order chi connectivity index (χ1) is 12.8. The average Bonchev–Trinajstić information content (AvgIpc) is 2.61. The van der Waals surface area contributed by atoms with Gasteiger partial charge in [-0.1, -0.05) is 48.5 Å². The maximum atomic E-state index is 12.8. The molecule has 0 aliphatic carbocycles. The molecule has 0 radical (unpaired) electrons. The zero-order valence-electron chi connectivity index (χ0n) is 14.2. The van der Waals surface area contributed by atoms with Crippen LogP contribution in [-0.2, 0) is 33.5 Å². The van der Waals surface area contributed by atoms with E-state index in [-0.39, 0.29) is 25.2 Å². The third kappa shape index (κ3) is 6.74. The Kier molecular flexibility index (Phi) is 6.95. The maximum absolute atomic E-state index is 12.8. The van der Waals surface area contributed by atoms with E-state index in [1.165, 1.54) is 12.1 Å². The zero-order valence-corrected chi connectivity index (χ0v) is 14.2. The number of carbonyl (C=O) groups is 2. The summed E-state index contributed by atoms with van der Waals surface area (Å²) in [4.78, 5) is 23.2. The number of alkyl halides is 3. The third-order valence-corrected chi connectivity index (χ3v) is 3.67. The minimum absolute atomic E-state index is 0.155. The van der Waals surface area contributed by atoms with Gasteiger partial charge in [0.25, 0.3) is 0 Å². The quantitative estimate of drug-likeness (QED) is 0.737. The lowest BCUT2D eigenvalue weighted by Crippen LogP contribution is -2.43. The van der Waals surface area contributed by atoms with Crippen LogP contribution in [-0.4, -0.2) is 29.6 Å². The van der Waals surface area contributed by atoms with Gasteiger partial charge in [-0.3, -0.25) is 4.79 Å². The summed E-state index contributed by atoms with van der Waals surface area (Å²) in [5.74, 6) is -2.01. The van der Waals surface area contributed by atoms with Gasteiger partial charge in [0.2, 0.25) is 5.91 Å². The van der Waals surface area contributed by atoms with Crippen LogP contribution >= 0.6 is 0 Å². The fraction of sp³-hybridized carbons (Fsp3) is 0.263. The lowest BCUT2D eigenvalue weighted by atomic mass is 10.0. The highest BCUT2D eigenvalue weighted by molar-refractivity contribution is 5.84. The number of carbonyl (C=O) groups excluding carboxylic acids is 1. The van der Waals surface area contributed by atoms with Crippen LogP contribution in [0, 0.1) is 0 Å². The molecule has 0 aliphatic rings. The molecular formula is C19H18F3NO4. The van der Waals surface area contributed by atoms with Crippen LogP contribution in [0.4, 0.5) is 13.2 Å². The van der Waals surface area contributed by atoms with Gasteiger partial charge in [0, 0.05) is 6.42 Å². The van der Waals surface area contributed by atoms with Crippen molar-refractivity contribution in [3.63, 3.8) is 0 Å². The molecule has 0 aromatic heterocycles. The van der Waals surface area contributed by atoms with Crippen LogP contribution in [0.1, 0.15) is 16.7 Å². The summed E-state index contributed by atoms with van der Waals surface area (Å²) in [5, 5.41) is 11.5. The number of carboxylic acid groups (broad SMARTS) is 1. The molecule has 8 heteroatoms. The molecule has 0 aliphatic heterocycles. The highest BCUT2D eigenvalue weighted by Crippen LogP contribution is 2.29. The van der Waals surface area contributed by atoms with Crippen molar-refractivity contribution in [1.82, 2.24) is 5.32 Å². The fourth-order valence-corrected chi connectivity index (χ4v) is 2.38. The predicted molar refractivity (Wildman–Crippen MR) is 90.8 cm³/mol. The van der Waals surface area contributed by atoms with Crippen molar-refractivity contribution in [3.8, 4) is 0 Å². The molecular weight excluding hydrogens is 363 g/mol. The highest BCUT2D eigenvalue weighted by atomic mass is 19.4. The topological polar surface area (TPSA) is 75.6 Å². The molecule has 2 rings (SSSR count). The number of hydrogen-bond donors (Lipinski definition) is 2. The molecule has 0 fully saturated rings. The monoisotopic (exact) mass is 381 g/mol. The van der Waals surface area contributed by atoms with Gasteiger partial charge >= 0.3 is 12.1 Å². The second-order valence-electron chi connectivity index (χ2n) is 5.84. The normalized spacial score (nSPS) is 12.4. The Labute approximate surface area is 153 Å². The lowest BCUT2D eigenvalue weighted by molar-refractivity contribution is -0.142. The molecule has 0 spiro atoms. The van der Waals surface area contributed by atoms with Gasteiger partial charge in [-0.05, 0) is 17.2 Å². The van der Waals surface area contributed by atoms with E-state index in [0.29, 0.717) is 0 Å². The third-order valence-electron chi connectivity index (χ3n) is 3.67. The van der Waals surface area contributed by atoms with E-state index in [4.69, 9.17) is 4.74 Å². The average molecular weight is 381 g/mol. The molecule has 2 aromatic carbocycles. The second kappa shape index (κ2) is 9.18. The molecule has 0 saturated carbocycles. The Hall–Kier alpha value is -2.87. The van der Waals surface area contributed by atoms with Gasteiger partial charge in [-0.15, -0.1) is 0 Å². The summed E-state index contributed by atoms with van der Waals surface area (Å²) >= 11 is 0. The molecule has 144 valence electrons. The summed E-state index contributed by atoms with van der Waals surface area (Å²) < 4.78 is 43.5. The molecule has 0 bridgehead atoms. The van der Waals surface area contributed by atoms with Crippen molar-refractivity contribution in [2.45, 2.75) is 25.2 Å². The maximum Gasteiger partial charge on any atom is 0.416 e. The molecule has 1 amide bonds. The smallest absolute Gasteiger partial charge is 0.416 e. The number of amides is 1. The number of nitrogens with one attached hydrogen (secondary N) is 1. The van der Waals surface area contributed by atoms with Gasteiger partial charge in [-0.25, -0.2) is 4.79 Å². The minimum Gasteiger partial charge on any atom is -0.480 e. The summed E-state index contributed by atoms with van der Waals surface area (Å²) in [6, 6.07) is 12.1. The van der Waals surface area contributed by atoms with Crippen LogP contribution in [0.5, 0.6) is 0 Å². The number of ether oxygens (including phenoxy) is 1. The van der Waals surface area contributed by atoms with E-state index in [1.54, 1.807) is 0 Å². The van der Waals surface area contributed by atoms with Crippen molar-refractivity contribution >= 4 is 11.9 Å². The molecule has 27 heavy (non-hydrogen) atoms. The predicted octanol–water partition coefficient (Wildman–Crippen LogP) is 3.03. The minimum atomic E-state index is -4.52. The number of hydrogen-bond acceptors (Lipinski definition) is 3. The summed E-state index contributed by atoms with van der Waals surface area (Å²) in [6.45, 7) is -0.180. The van der Waals surface area contributed by atoms with Crippen LogP contribution in [0.15, 0.2) is 54.6 Å². The van der Waals surface area contributed by atoms with Crippen molar-refractivity contribution in [1.29, 1.82) is 0 Å². The molecule has 0 unspecified atom stereocenters. The Bertz CT molecular complexity index is 778. The molecule has 2 N–H and O–H groups in total. The number of benzene rings is 2. The van der Waals surface area contributed by atoms with Crippen molar-refractivity contribution in [3.05, 3.63) is 71.3 Å². The standard InChI is InChI=1S/C19H18F3NO4/c20-19(21,22)15-8-4-7-14(9-15)10-16(18(25)26)23-17(24)12-27-11-13-5-2-1-3-6-13/h1-9,16H,10-12H2,(H,23,24)(H,25,26)/t16-/m1/s1. The molecule has 5 nitrogen and oxygen atoms in total.